The van der Waals surface area contributed by atoms with E-state index in [9.17, 15) is 4.79 Å². The molecule has 2 aromatic rings. The van der Waals surface area contributed by atoms with Crippen LogP contribution in [-0.2, 0) is 4.79 Å². The number of anilines is 1. The van der Waals surface area contributed by atoms with E-state index in [1.807, 2.05) is 42.5 Å². The monoisotopic (exact) mass is 354 g/mol. The summed E-state index contributed by atoms with van der Waals surface area (Å²) in [5, 5.41) is 3.67. The minimum Gasteiger partial charge on any atom is -0.324 e. The number of amides is 1. The van der Waals surface area contributed by atoms with Crippen molar-refractivity contribution in [1.82, 2.24) is 0 Å². The lowest BCUT2D eigenvalue weighted by molar-refractivity contribution is -0.117. The Bertz CT molecular complexity index is 771. The molecule has 4 heteroatoms. The number of nitrogens with one attached hydrogen (secondary N) is 1. The van der Waals surface area contributed by atoms with Crippen molar-refractivity contribution in [2.24, 2.45) is 4.99 Å². The Morgan fingerprint density at radius 3 is 2.64 bits per heavy atom. The zero-order chi connectivity index (χ0) is 17.6. The zero-order valence-electron chi connectivity index (χ0n) is 14.5. The largest absolute Gasteiger partial charge is 0.324 e. The van der Waals surface area contributed by atoms with Gasteiger partial charge in [0.25, 0.3) is 0 Å². The highest BCUT2D eigenvalue weighted by atomic mass is 35.5. The minimum absolute atomic E-state index is 0.0361. The first-order valence-corrected chi connectivity index (χ1v) is 9.31. The maximum absolute atomic E-state index is 12.7. The number of carbonyl (C=O) groups excluding carboxylic acids is 1. The van der Waals surface area contributed by atoms with Crippen LogP contribution in [0.3, 0.4) is 0 Å². The number of carbonyl (C=O) groups is 1. The van der Waals surface area contributed by atoms with Gasteiger partial charge >= 0.3 is 0 Å². The number of hydrogen-bond acceptors (Lipinski definition) is 2. The van der Waals surface area contributed by atoms with E-state index >= 15 is 0 Å². The third kappa shape index (κ3) is 4.29. The molecule has 130 valence electrons. The molecule has 0 radical (unpaired) electrons. The lowest BCUT2D eigenvalue weighted by Crippen LogP contribution is -2.25. The molecule has 0 aliphatic carbocycles. The van der Waals surface area contributed by atoms with Gasteiger partial charge in [0.15, 0.2) is 0 Å². The molecule has 2 aromatic carbocycles. The molecule has 25 heavy (non-hydrogen) atoms. The molecule has 0 unspecified atom stereocenters. The fourth-order valence-corrected chi connectivity index (χ4v) is 3.28. The molecule has 3 rings (SSSR count). The van der Waals surface area contributed by atoms with Crippen molar-refractivity contribution in [1.29, 1.82) is 0 Å². The normalized spacial score (nSPS) is 16.6. The van der Waals surface area contributed by atoms with E-state index in [0.29, 0.717) is 5.02 Å². The van der Waals surface area contributed by atoms with E-state index in [4.69, 9.17) is 16.6 Å². The van der Waals surface area contributed by atoms with Crippen molar-refractivity contribution in [2.75, 3.05) is 5.32 Å². The molecule has 3 nitrogen and oxygen atoms in total. The van der Waals surface area contributed by atoms with E-state index < -0.39 is 0 Å². The molecule has 1 amide bonds. The van der Waals surface area contributed by atoms with Gasteiger partial charge in [-0.1, -0.05) is 74.5 Å². The molecule has 0 fully saturated rings. The summed E-state index contributed by atoms with van der Waals surface area (Å²) in [4.78, 5) is 17.5. The zero-order valence-corrected chi connectivity index (χ0v) is 15.2. The SMILES string of the molecule is CCCCCC[C@@H]1N=C(c2ccccc2)c2cc(Cl)ccc2NC1=O. The fourth-order valence-electron chi connectivity index (χ4n) is 3.11. The first-order chi connectivity index (χ1) is 12.2. The van der Waals surface area contributed by atoms with Crippen LogP contribution in [0.15, 0.2) is 53.5 Å². The molecule has 0 spiro atoms. The van der Waals surface area contributed by atoms with Crippen molar-refractivity contribution in [3.05, 3.63) is 64.7 Å². The topological polar surface area (TPSA) is 41.5 Å². The van der Waals surface area contributed by atoms with E-state index in [-0.39, 0.29) is 11.9 Å². The lowest BCUT2D eigenvalue weighted by Gasteiger charge is -2.11. The number of unbranched alkanes of at least 4 members (excludes halogenated alkanes) is 3. The van der Waals surface area contributed by atoms with Crippen LogP contribution in [0.1, 0.15) is 50.2 Å². The summed E-state index contributed by atoms with van der Waals surface area (Å²) < 4.78 is 0. The Hall–Kier alpha value is -2.13. The van der Waals surface area contributed by atoms with Crippen molar-refractivity contribution < 1.29 is 4.79 Å². The van der Waals surface area contributed by atoms with E-state index in [1.54, 1.807) is 6.07 Å². The number of fused-ring (bicyclic) bond motifs is 1. The highest BCUT2D eigenvalue weighted by molar-refractivity contribution is 6.32. The highest BCUT2D eigenvalue weighted by Crippen LogP contribution is 2.28. The van der Waals surface area contributed by atoms with Gasteiger partial charge in [0.2, 0.25) is 5.91 Å². The van der Waals surface area contributed by atoms with Gasteiger partial charge in [0.1, 0.15) is 6.04 Å². The molecule has 1 aliphatic heterocycles. The van der Waals surface area contributed by atoms with Gasteiger partial charge in [-0.2, -0.15) is 0 Å². The van der Waals surface area contributed by atoms with Crippen LogP contribution in [0.25, 0.3) is 0 Å². The molecular formula is C21H23ClN2O. The average molecular weight is 355 g/mol. The molecule has 1 N–H and O–H groups in total. The first kappa shape index (κ1) is 17.7. The Morgan fingerprint density at radius 2 is 1.88 bits per heavy atom. The lowest BCUT2D eigenvalue weighted by atomic mass is 10.0. The smallest absolute Gasteiger partial charge is 0.249 e. The van der Waals surface area contributed by atoms with Gasteiger partial charge in [0, 0.05) is 16.1 Å². The van der Waals surface area contributed by atoms with Gasteiger partial charge in [-0.05, 0) is 24.6 Å². The molecule has 1 aliphatic rings. The third-order valence-corrected chi connectivity index (χ3v) is 4.70. The van der Waals surface area contributed by atoms with Crippen molar-refractivity contribution in [3.63, 3.8) is 0 Å². The second-order valence-corrected chi connectivity index (χ2v) is 6.82. The van der Waals surface area contributed by atoms with Crippen molar-refractivity contribution in [3.8, 4) is 0 Å². The van der Waals surface area contributed by atoms with Crippen LogP contribution in [0.5, 0.6) is 0 Å². The average Bonchev–Trinajstić information content (AvgIpc) is 2.76. The number of rotatable bonds is 6. The van der Waals surface area contributed by atoms with Gasteiger partial charge < -0.3 is 5.32 Å². The van der Waals surface area contributed by atoms with E-state index in [1.165, 1.54) is 12.8 Å². The molecule has 0 saturated carbocycles. The van der Waals surface area contributed by atoms with Crippen molar-refractivity contribution >= 4 is 28.9 Å². The number of aliphatic imine (C=N–C) groups is 1. The van der Waals surface area contributed by atoms with Gasteiger partial charge in [0.05, 0.1) is 11.4 Å². The summed E-state index contributed by atoms with van der Waals surface area (Å²) in [6.45, 7) is 2.18. The van der Waals surface area contributed by atoms with Gasteiger partial charge in [-0.25, -0.2) is 0 Å². The Balaban J connectivity index is 1.98. The quantitative estimate of drug-likeness (QED) is 0.687. The number of halogens is 1. The third-order valence-electron chi connectivity index (χ3n) is 4.46. The molecule has 0 aromatic heterocycles. The van der Waals surface area contributed by atoms with E-state index in [0.717, 1.165) is 41.8 Å². The Morgan fingerprint density at radius 1 is 1.08 bits per heavy atom. The predicted molar refractivity (Wildman–Crippen MR) is 105 cm³/mol. The second kappa shape index (κ2) is 8.30. The number of benzene rings is 2. The molecule has 0 bridgehead atoms. The maximum atomic E-state index is 12.7. The van der Waals surface area contributed by atoms with Crippen LogP contribution in [0.4, 0.5) is 5.69 Å². The van der Waals surface area contributed by atoms with Crippen LogP contribution in [0.2, 0.25) is 5.02 Å². The predicted octanol–water partition coefficient (Wildman–Crippen LogP) is 5.47. The van der Waals surface area contributed by atoms with Gasteiger partial charge in [-0.3, -0.25) is 9.79 Å². The molecule has 0 saturated heterocycles. The van der Waals surface area contributed by atoms with E-state index in [2.05, 4.69) is 12.2 Å². The second-order valence-electron chi connectivity index (χ2n) is 6.39. The van der Waals surface area contributed by atoms with Crippen LogP contribution in [0, 0.1) is 0 Å². The molecule has 1 heterocycles. The maximum Gasteiger partial charge on any atom is 0.249 e. The van der Waals surface area contributed by atoms with Gasteiger partial charge in [-0.15, -0.1) is 0 Å². The number of nitrogens with zero attached hydrogens (tertiary/aromatic N) is 1. The summed E-state index contributed by atoms with van der Waals surface area (Å²) in [6, 6.07) is 15.2. The first-order valence-electron chi connectivity index (χ1n) is 8.93. The van der Waals surface area contributed by atoms with Crippen LogP contribution >= 0.6 is 11.6 Å². The standard InChI is InChI=1S/C21H23ClN2O/c1-2-3-4-8-11-19-21(25)24-18-13-12-16(22)14-17(18)20(23-19)15-9-6-5-7-10-15/h5-7,9-10,12-14,19H,2-4,8,11H2,1H3,(H,24,25)/t19-/m0/s1. The van der Waals surface area contributed by atoms with Crippen molar-refractivity contribution in [2.45, 2.75) is 45.1 Å². The summed E-state index contributed by atoms with van der Waals surface area (Å²) in [7, 11) is 0. The van der Waals surface area contributed by atoms with Crippen LogP contribution in [-0.4, -0.2) is 17.7 Å². The summed E-state index contributed by atoms with van der Waals surface area (Å²) in [5.74, 6) is -0.0361. The summed E-state index contributed by atoms with van der Waals surface area (Å²) in [6.07, 6.45) is 5.28. The number of benzodiazepines with no additional fused rings is 1. The molecule has 1 atom stereocenters. The molecular weight excluding hydrogens is 332 g/mol. The highest BCUT2D eigenvalue weighted by Gasteiger charge is 2.25. The Kier molecular flexibility index (Phi) is 5.87. The van der Waals surface area contributed by atoms with Crippen LogP contribution < -0.4 is 5.32 Å². The Labute approximate surface area is 154 Å². The fraction of sp³-hybridized carbons (Fsp3) is 0.333. The minimum atomic E-state index is -0.363. The summed E-state index contributed by atoms with van der Waals surface area (Å²) in [5.41, 5.74) is 3.48. The number of hydrogen-bond donors (Lipinski definition) is 1. The summed E-state index contributed by atoms with van der Waals surface area (Å²) >= 11 is 6.21.